The minimum Gasteiger partial charge on any atom is -0.497 e. The molecule has 0 unspecified atom stereocenters. The van der Waals surface area contributed by atoms with Crippen molar-refractivity contribution >= 4 is 11.9 Å². The molecule has 3 aromatic rings. The van der Waals surface area contributed by atoms with Gasteiger partial charge in [-0.05, 0) is 36.2 Å². The molecule has 1 aliphatic rings. The highest BCUT2D eigenvalue weighted by atomic mass is 16.5. The first-order chi connectivity index (χ1) is 17.1. The summed E-state index contributed by atoms with van der Waals surface area (Å²) in [5.74, 6) is 3.14. The summed E-state index contributed by atoms with van der Waals surface area (Å²) in [5, 5.41) is 3.03. The van der Waals surface area contributed by atoms with Crippen molar-refractivity contribution in [2.75, 3.05) is 65.5 Å². The Labute approximate surface area is 206 Å². The molecular weight excluding hydrogens is 446 g/mol. The molecule has 0 spiro atoms. The van der Waals surface area contributed by atoms with E-state index in [4.69, 9.17) is 14.2 Å². The van der Waals surface area contributed by atoms with Gasteiger partial charge in [-0.25, -0.2) is 4.98 Å². The van der Waals surface area contributed by atoms with E-state index in [0.717, 1.165) is 55.5 Å². The number of aromatic nitrogens is 2. The summed E-state index contributed by atoms with van der Waals surface area (Å²) in [4.78, 5) is 21.5. The predicted octanol–water partition coefficient (Wildman–Crippen LogP) is 2.38. The fourth-order valence-electron chi connectivity index (χ4n) is 4.24. The maximum atomic E-state index is 12.5. The van der Waals surface area contributed by atoms with Gasteiger partial charge in [0.25, 0.3) is 0 Å². The van der Waals surface area contributed by atoms with Crippen LogP contribution in [0.5, 0.6) is 17.2 Å². The molecule has 0 atom stereocenters. The van der Waals surface area contributed by atoms with Gasteiger partial charge in [-0.15, -0.1) is 0 Å². The van der Waals surface area contributed by atoms with Crippen LogP contribution in [0.4, 0.5) is 5.95 Å². The van der Waals surface area contributed by atoms with Crippen molar-refractivity contribution in [3.63, 3.8) is 0 Å². The van der Waals surface area contributed by atoms with Crippen LogP contribution < -0.4 is 24.4 Å². The molecule has 9 nitrogen and oxygen atoms in total. The van der Waals surface area contributed by atoms with E-state index >= 15 is 0 Å². The number of hydrogen-bond acceptors (Lipinski definition) is 7. The summed E-state index contributed by atoms with van der Waals surface area (Å²) in [6.45, 7) is 4.18. The minimum absolute atomic E-state index is 0.0387. The first kappa shape index (κ1) is 24.4. The Kier molecular flexibility index (Phi) is 8.10. The van der Waals surface area contributed by atoms with Crippen molar-refractivity contribution in [2.24, 2.45) is 0 Å². The lowest BCUT2D eigenvalue weighted by Crippen LogP contribution is -2.50. The first-order valence-electron chi connectivity index (χ1n) is 11.7. The van der Waals surface area contributed by atoms with E-state index < -0.39 is 0 Å². The molecule has 9 heteroatoms. The molecule has 1 fully saturated rings. The first-order valence-corrected chi connectivity index (χ1v) is 11.7. The van der Waals surface area contributed by atoms with Crippen molar-refractivity contribution in [3.05, 3.63) is 60.4 Å². The number of rotatable bonds is 10. The monoisotopic (exact) mass is 479 g/mol. The number of benzene rings is 2. The van der Waals surface area contributed by atoms with Gasteiger partial charge in [-0.1, -0.05) is 12.1 Å². The Morgan fingerprint density at radius 1 is 0.971 bits per heavy atom. The Morgan fingerprint density at radius 3 is 2.51 bits per heavy atom. The standard InChI is InChI=1S/C26H33N5O4/c1-33-22-6-4-5-21(18-22)31-12-11-28-26(31)30-15-13-29(14-16-30)19-25(32)27-10-9-20-7-8-23(34-2)24(17-20)35-3/h4-8,11-12,17-18H,9-10,13-16,19H2,1-3H3,(H,27,32). The summed E-state index contributed by atoms with van der Waals surface area (Å²) < 4.78 is 18.1. The zero-order valence-electron chi connectivity index (χ0n) is 20.6. The van der Waals surface area contributed by atoms with Gasteiger partial charge in [0.1, 0.15) is 5.75 Å². The van der Waals surface area contributed by atoms with Crippen LogP contribution in [0.15, 0.2) is 54.9 Å². The molecule has 2 heterocycles. The smallest absolute Gasteiger partial charge is 0.234 e. The van der Waals surface area contributed by atoms with Gasteiger partial charge in [-0.3, -0.25) is 14.3 Å². The van der Waals surface area contributed by atoms with Crippen LogP contribution in [-0.2, 0) is 11.2 Å². The van der Waals surface area contributed by atoms with Crippen LogP contribution in [-0.4, -0.2) is 81.0 Å². The summed E-state index contributed by atoms with van der Waals surface area (Å²) >= 11 is 0. The van der Waals surface area contributed by atoms with Crippen LogP contribution in [0.3, 0.4) is 0 Å². The highest BCUT2D eigenvalue weighted by Gasteiger charge is 2.22. The normalized spacial score (nSPS) is 14.0. The van der Waals surface area contributed by atoms with Crippen LogP contribution >= 0.6 is 0 Å². The van der Waals surface area contributed by atoms with Crippen LogP contribution in [0, 0.1) is 0 Å². The molecule has 35 heavy (non-hydrogen) atoms. The average Bonchev–Trinajstić information content (AvgIpc) is 3.39. The van der Waals surface area contributed by atoms with E-state index in [1.807, 2.05) is 54.9 Å². The van der Waals surface area contributed by atoms with E-state index in [-0.39, 0.29) is 5.91 Å². The van der Waals surface area contributed by atoms with Crippen molar-refractivity contribution in [1.82, 2.24) is 19.8 Å². The number of carbonyl (C=O) groups is 1. The van der Waals surface area contributed by atoms with Crippen molar-refractivity contribution in [1.29, 1.82) is 0 Å². The second kappa shape index (κ2) is 11.6. The number of nitrogens with zero attached hydrogens (tertiary/aromatic N) is 4. The van der Waals surface area contributed by atoms with Gasteiger partial charge >= 0.3 is 0 Å². The Morgan fingerprint density at radius 2 is 1.77 bits per heavy atom. The second-order valence-corrected chi connectivity index (χ2v) is 8.35. The third-order valence-corrected chi connectivity index (χ3v) is 6.16. The van der Waals surface area contributed by atoms with E-state index in [2.05, 4.69) is 24.7 Å². The maximum Gasteiger partial charge on any atom is 0.234 e. The lowest BCUT2D eigenvalue weighted by Gasteiger charge is -2.35. The van der Waals surface area contributed by atoms with Gasteiger partial charge in [-0.2, -0.15) is 0 Å². The number of hydrogen-bond donors (Lipinski definition) is 1. The summed E-state index contributed by atoms with van der Waals surface area (Å²) in [5.41, 5.74) is 2.09. The zero-order chi connectivity index (χ0) is 24.6. The maximum absolute atomic E-state index is 12.5. The van der Waals surface area contributed by atoms with Gasteiger partial charge in [0.2, 0.25) is 11.9 Å². The van der Waals surface area contributed by atoms with E-state index in [9.17, 15) is 4.79 Å². The largest absolute Gasteiger partial charge is 0.497 e. The molecular formula is C26H33N5O4. The van der Waals surface area contributed by atoms with E-state index in [1.165, 1.54) is 0 Å². The predicted molar refractivity (Wildman–Crippen MR) is 135 cm³/mol. The Hall–Kier alpha value is -3.72. The van der Waals surface area contributed by atoms with Gasteiger partial charge in [0, 0.05) is 51.2 Å². The molecule has 0 saturated carbocycles. The molecule has 1 amide bonds. The van der Waals surface area contributed by atoms with Gasteiger partial charge in [0.15, 0.2) is 11.5 Å². The molecule has 1 aliphatic heterocycles. The molecule has 1 aromatic heterocycles. The van der Waals surface area contributed by atoms with E-state index in [0.29, 0.717) is 24.6 Å². The number of methoxy groups -OCH3 is 3. The number of piperazine rings is 1. The minimum atomic E-state index is 0.0387. The average molecular weight is 480 g/mol. The van der Waals surface area contributed by atoms with Gasteiger partial charge < -0.3 is 24.4 Å². The van der Waals surface area contributed by atoms with Crippen molar-refractivity contribution in [3.8, 4) is 22.9 Å². The highest BCUT2D eigenvalue weighted by Crippen LogP contribution is 2.27. The quantitative estimate of drug-likeness (QED) is 0.478. The molecule has 1 N–H and O–H groups in total. The highest BCUT2D eigenvalue weighted by molar-refractivity contribution is 5.78. The number of ether oxygens (including phenoxy) is 3. The SMILES string of the molecule is COc1cccc(-n2ccnc2N2CCN(CC(=O)NCCc3ccc(OC)c(OC)c3)CC2)c1. The lowest BCUT2D eigenvalue weighted by atomic mass is 10.1. The van der Waals surface area contributed by atoms with Crippen molar-refractivity contribution in [2.45, 2.75) is 6.42 Å². The number of anilines is 1. The fraction of sp³-hybridized carbons (Fsp3) is 0.385. The summed E-state index contributed by atoms with van der Waals surface area (Å²) in [6.07, 6.45) is 4.50. The fourth-order valence-corrected chi connectivity index (χ4v) is 4.24. The number of nitrogens with one attached hydrogen (secondary N) is 1. The zero-order valence-corrected chi connectivity index (χ0v) is 20.6. The third kappa shape index (κ3) is 6.05. The van der Waals surface area contributed by atoms with Crippen LogP contribution in [0.2, 0.25) is 0 Å². The Balaban J connectivity index is 1.24. The second-order valence-electron chi connectivity index (χ2n) is 8.35. The number of carbonyl (C=O) groups excluding carboxylic acids is 1. The molecule has 0 aliphatic carbocycles. The number of amides is 1. The molecule has 2 aromatic carbocycles. The molecule has 1 saturated heterocycles. The summed E-state index contributed by atoms with van der Waals surface area (Å²) in [7, 11) is 4.90. The van der Waals surface area contributed by atoms with Crippen LogP contribution in [0.25, 0.3) is 5.69 Å². The van der Waals surface area contributed by atoms with Crippen molar-refractivity contribution < 1.29 is 19.0 Å². The van der Waals surface area contributed by atoms with E-state index in [1.54, 1.807) is 21.3 Å². The molecule has 186 valence electrons. The Bertz CT molecular complexity index is 1120. The van der Waals surface area contributed by atoms with Gasteiger partial charge in [0.05, 0.1) is 33.6 Å². The molecule has 4 rings (SSSR count). The number of imidazole rings is 1. The lowest BCUT2D eigenvalue weighted by molar-refractivity contribution is -0.122. The molecule has 0 bridgehead atoms. The summed E-state index contributed by atoms with van der Waals surface area (Å²) in [6, 6.07) is 13.7. The topological polar surface area (TPSA) is 81.1 Å². The third-order valence-electron chi connectivity index (χ3n) is 6.16. The molecule has 0 radical (unpaired) electrons. The van der Waals surface area contributed by atoms with Crippen LogP contribution in [0.1, 0.15) is 5.56 Å².